The number of anilines is 1. The van der Waals surface area contributed by atoms with E-state index in [0.29, 0.717) is 24.3 Å². The summed E-state index contributed by atoms with van der Waals surface area (Å²) in [5.41, 5.74) is 0.959. The van der Waals surface area contributed by atoms with Crippen molar-refractivity contribution in [2.24, 2.45) is 0 Å². The SMILES string of the molecule is COC(=O)c1cccc(N(CCNC(=O)NC2CC2)C(C)=O)c1. The minimum atomic E-state index is -0.461. The third-order valence-electron chi connectivity index (χ3n) is 3.49. The van der Waals surface area contributed by atoms with Crippen molar-refractivity contribution in [3.8, 4) is 0 Å². The van der Waals surface area contributed by atoms with Gasteiger partial charge in [0.25, 0.3) is 0 Å². The lowest BCUT2D eigenvalue weighted by molar-refractivity contribution is -0.116. The molecular weight excluding hydrogens is 298 g/mol. The van der Waals surface area contributed by atoms with Gasteiger partial charge in [0, 0.05) is 31.7 Å². The van der Waals surface area contributed by atoms with E-state index in [-0.39, 0.29) is 18.0 Å². The van der Waals surface area contributed by atoms with Crippen molar-refractivity contribution in [2.45, 2.75) is 25.8 Å². The highest BCUT2D eigenvalue weighted by Crippen LogP contribution is 2.18. The lowest BCUT2D eigenvalue weighted by atomic mass is 10.2. The minimum Gasteiger partial charge on any atom is -0.465 e. The molecule has 1 aromatic carbocycles. The zero-order valence-electron chi connectivity index (χ0n) is 13.3. The summed E-state index contributed by atoms with van der Waals surface area (Å²) in [6.45, 7) is 2.08. The third kappa shape index (κ3) is 4.98. The maximum absolute atomic E-state index is 11.8. The molecule has 1 aliphatic rings. The molecule has 1 saturated carbocycles. The first-order chi connectivity index (χ1) is 11.0. The number of hydrogen-bond acceptors (Lipinski definition) is 4. The highest BCUT2D eigenvalue weighted by atomic mass is 16.5. The van der Waals surface area contributed by atoms with Crippen molar-refractivity contribution < 1.29 is 19.1 Å². The number of rotatable bonds is 6. The number of hydrogen-bond donors (Lipinski definition) is 2. The molecule has 0 radical (unpaired) electrons. The van der Waals surface area contributed by atoms with Gasteiger partial charge in [-0.1, -0.05) is 6.07 Å². The smallest absolute Gasteiger partial charge is 0.337 e. The van der Waals surface area contributed by atoms with E-state index in [1.807, 2.05) is 0 Å². The van der Waals surface area contributed by atoms with Gasteiger partial charge in [-0.2, -0.15) is 0 Å². The van der Waals surface area contributed by atoms with E-state index in [1.165, 1.54) is 18.9 Å². The molecule has 2 rings (SSSR count). The summed E-state index contributed by atoms with van der Waals surface area (Å²) in [7, 11) is 1.31. The van der Waals surface area contributed by atoms with Gasteiger partial charge in [-0.05, 0) is 31.0 Å². The molecule has 0 heterocycles. The predicted octanol–water partition coefficient (Wildman–Crippen LogP) is 1.29. The summed E-state index contributed by atoms with van der Waals surface area (Å²) in [6, 6.07) is 6.70. The molecule has 23 heavy (non-hydrogen) atoms. The van der Waals surface area contributed by atoms with Crippen molar-refractivity contribution in [1.29, 1.82) is 0 Å². The standard InChI is InChI=1S/C16H21N3O4/c1-11(20)19(9-8-17-16(22)18-13-6-7-13)14-5-3-4-12(10-14)15(21)23-2/h3-5,10,13H,6-9H2,1-2H3,(H2,17,18,22). The summed E-state index contributed by atoms with van der Waals surface area (Å²) in [6.07, 6.45) is 2.04. The Morgan fingerprint density at radius 1 is 1.30 bits per heavy atom. The number of esters is 1. The number of carbonyl (C=O) groups excluding carboxylic acids is 3. The van der Waals surface area contributed by atoms with Gasteiger partial charge < -0.3 is 20.3 Å². The molecule has 7 heteroatoms. The Kier molecular flexibility index (Phi) is 5.56. The van der Waals surface area contributed by atoms with Crippen molar-refractivity contribution in [2.75, 3.05) is 25.1 Å². The van der Waals surface area contributed by atoms with Crippen molar-refractivity contribution in [3.05, 3.63) is 29.8 Å². The van der Waals surface area contributed by atoms with Crippen LogP contribution in [0.3, 0.4) is 0 Å². The van der Waals surface area contributed by atoms with Gasteiger partial charge >= 0.3 is 12.0 Å². The summed E-state index contributed by atoms with van der Waals surface area (Å²) in [5.74, 6) is -0.631. The average Bonchev–Trinajstić information content (AvgIpc) is 3.34. The third-order valence-corrected chi connectivity index (χ3v) is 3.49. The van der Waals surface area contributed by atoms with Crippen molar-refractivity contribution in [1.82, 2.24) is 10.6 Å². The van der Waals surface area contributed by atoms with Gasteiger partial charge in [0.05, 0.1) is 12.7 Å². The van der Waals surface area contributed by atoms with Crippen molar-refractivity contribution >= 4 is 23.6 Å². The van der Waals surface area contributed by atoms with Crippen LogP contribution in [0.1, 0.15) is 30.1 Å². The van der Waals surface area contributed by atoms with E-state index in [4.69, 9.17) is 0 Å². The van der Waals surface area contributed by atoms with Crippen molar-refractivity contribution in [3.63, 3.8) is 0 Å². The fraction of sp³-hybridized carbons (Fsp3) is 0.438. The van der Waals surface area contributed by atoms with Crippen LogP contribution in [0.5, 0.6) is 0 Å². The van der Waals surface area contributed by atoms with Crippen LogP contribution >= 0.6 is 0 Å². The fourth-order valence-electron chi connectivity index (χ4n) is 2.13. The van der Waals surface area contributed by atoms with E-state index < -0.39 is 5.97 Å². The largest absolute Gasteiger partial charge is 0.465 e. The molecular formula is C16H21N3O4. The van der Waals surface area contributed by atoms with E-state index in [2.05, 4.69) is 15.4 Å². The number of urea groups is 1. The molecule has 1 aliphatic carbocycles. The number of nitrogens with one attached hydrogen (secondary N) is 2. The second kappa shape index (κ2) is 7.62. The molecule has 2 N–H and O–H groups in total. The van der Waals surface area contributed by atoms with Gasteiger partial charge in [-0.3, -0.25) is 4.79 Å². The highest BCUT2D eigenvalue weighted by Gasteiger charge is 2.23. The van der Waals surface area contributed by atoms with E-state index in [9.17, 15) is 14.4 Å². The first-order valence-corrected chi connectivity index (χ1v) is 7.52. The number of methoxy groups -OCH3 is 1. The van der Waals surface area contributed by atoms with Crippen LogP contribution in [-0.4, -0.2) is 44.1 Å². The Bertz CT molecular complexity index is 599. The zero-order chi connectivity index (χ0) is 16.8. The minimum absolute atomic E-state index is 0.170. The normalized spacial score (nSPS) is 13.1. The predicted molar refractivity (Wildman–Crippen MR) is 85.4 cm³/mol. The van der Waals surface area contributed by atoms with E-state index in [0.717, 1.165) is 12.8 Å². The Balaban J connectivity index is 1.96. The molecule has 0 saturated heterocycles. The Morgan fingerprint density at radius 2 is 2.04 bits per heavy atom. The first-order valence-electron chi connectivity index (χ1n) is 7.52. The van der Waals surface area contributed by atoms with Crippen LogP contribution in [0.25, 0.3) is 0 Å². The monoisotopic (exact) mass is 319 g/mol. The molecule has 0 bridgehead atoms. The van der Waals surface area contributed by atoms with Gasteiger partial charge in [0.1, 0.15) is 0 Å². The lowest BCUT2D eigenvalue weighted by Gasteiger charge is -2.22. The fourth-order valence-corrected chi connectivity index (χ4v) is 2.13. The molecule has 0 aliphatic heterocycles. The second-order valence-corrected chi connectivity index (χ2v) is 5.39. The summed E-state index contributed by atoms with van der Waals surface area (Å²) in [4.78, 5) is 36.5. The topological polar surface area (TPSA) is 87.7 Å². The Morgan fingerprint density at radius 3 is 2.65 bits per heavy atom. The van der Waals surface area contributed by atoms with Gasteiger partial charge in [-0.15, -0.1) is 0 Å². The molecule has 1 fully saturated rings. The molecule has 124 valence electrons. The number of amides is 3. The summed E-state index contributed by atoms with van der Waals surface area (Å²) in [5, 5.41) is 5.54. The summed E-state index contributed by atoms with van der Waals surface area (Å²) >= 11 is 0. The molecule has 3 amide bonds. The molecule has 0 atom stereocenters. The number of benzene rings is 1. The highest BCUT2D eigenvalue weighted by molar-refractivity contribution is 5.95. The Labute approximate surface area is 135 Å². The molecule has 7 nitrogen and oxygen atoms in total. The van der Waals surface area contributed by atoms with E-state index in [1.54, 1.807) is 24.3 Å². The lowest BCUT2D eigenvalue weighted by Crippen LogP contribution is -2.42. The van der Waals surface area contributed by atoms with Gasteiger partial charge in [-0.25, -0.2) is 9.59 Å². The van der Waals surface area contributed by atoms with E-state index >= 15 is 0 Å². The van der Waals surface area contributed by atoms with Crippen LogP contribution in [0.4, 0.5) is 10.5 Å². The van der Waals surface area contributed by atoms with Crippen LogP contribution in [-0.2, 0) is 9.53 Å². The number of nitrogens with zero attached hydrogens (tertiary/aromatic N) is 1. The molecule has 0 aromatic heterocycles. The quantitative estimate of drug-likeness (QED) is 0.773. The maximum Gasteiger partial charge on any atom is 0.337 e. The number of ether oxygens (including phenoxy) is 1. The molecule has 0 unspecified atom stereocenters. The zero-order valence-corrected chi connectivity index (χ0v) is 13.3. The van der Waals surface area contributed by atoms with Gasteiger partial charge in [0.2, 0.25) is 5.91 Å². The first kappa shape index (κ1) is 16.8. The molecule has 0 spiro atoms. The van der Waals surface area contributed by atoms with Crippen LogP contribution in [0.2, 0.25) is 0 Å². The van der Waals surface area contributed by atoms with Crippen LogP contribution < -0.4 is 15.5 Å². The van der Waals surface area contributed by atoms with Crippen LogP contribution in [0.15, 0.2) is 24.3 Å². The average molecular weight is 319 g/mol. The Hall–Kier alpha value is -2.57. The number of carbonyl (C=O) groups is 3. The van der Waals surface area contributed by atoms with Crippen LogP contribution in [0, 0.1) is 0 Å². The molecule has 1 aromatic rings. The maximum atomic E-state index is 11.8. The second-order valence-electron chi connectivity index (χ2n) is 5.39. The van der Waals surface area contributed by atoms with Gasteiger partial charge in [0.15, 0.2) is 0 Å². The summed E-state index contributed by atoms with van der Waals surface area (Å²) < 4.78 is 4.68.